The molecule has 0 unspecified atom stereocenters. The second-order valence-electron chi connectivity index (χ2n) is 14.4. The highest BCUT2D eigenvalue weighted by Crippen LogP contribution is 2.66. The standard InChI is InChI=1S/C31H52O2/c1-20(2)10-9-11-21(3)24-12-13-25-28-26(15-17-31(24,25)8)30(7)16-14-23(33-29(4,5)6)18-22(30)19-27(28)32/h19-21,23-26,28H,9-18H2,1-8H3/t21-,23+,24+,25-,26-,28-,30-,31+/m0/s1. The van der Waals surface area contributed by atoms with Gasteiger partial charge in [-0.1, -0.05) is 59.5 Å². The van der Waals surface area contributed by atoms with E-state index in [0.29, 0.717) is 23.0 Å². The van der Waals surface area contributed by atoms with Gasteiger partial charge in [0.2, 0.25) is 0 Å². The minimum atomic E-state index is -0.114. The van der Waals surface area contributed by atoms with Crippen LogP contribution in [0.25, 0.3) is 0 Å². The first-order chi connectivity index (χ1) is 15.3. The Kier molecular flexibility index (Phi) is 7.03. The third kappa shape index (κ3) is 4.76. The van der Waals surface area contributed by atoms with Crippen molar-refractivity contribution in [3.05, 3.63) is 11.6 Å². The molecule has 188 valence electrons. The number of carbonyl (C=O) groups excluding carboxylic acids is 1. The molecule has 4 aliphatic carbocycles. The fourth-order valence-electron chi connectivity index (χ4n) is 8.99. The molecule has 0 amide bonds. The smallest absolute Gasteiger partial charge is 0.159 e. The van der Waals surface area contributed by atoms with Gasteiger partial charge in [-0.25, -0.2) is 0 Å². The van der Waals surface area contributed by atoms with E-state index in [1.807, 2.05) is 0 Å². The molecule has 4 aliphatic rings. The lowest BCUT2D eigenvalue weighted by Crippen LogP contribution is -2.54. The summed E-state index contributed by atoms with van der Waals surface area (Å²) in [5.41, 5.74) is 1.87. The van der Waals surface area contributed by atoms with E-state index >= 15 is 0 Å². The van der Waals surface area contributed by atoms with E-state index in [-0.39, 0.29) is 23.0 Å². The molecule has 33 heavy (non-hydrogen) atoms. The number of rotatable bonds is 6. The van der Waals surface area contributed by atoms with Crippen LogP contribution in [0.3, 0.4) is 0 Å². The summed E-state index contributed by atoms with van der Waals surface area (Å²) in [7, 11) is 0. The highest BCUT2D eigenvalue weighted by Gasteiger charge is 2.61. The van der Waals surface area contributed by atoms with Gasteiger partial charge in [-0.15, -0.1) is 0 Å². The summed E-state index contributed by atoms with van der Waals surface area (Å²) in [5.74, 6) is 4.29. The van der Waals surface area contributed by atoms with Gasteiger partial charge in [0.25, 0.3) is 0 Å². The maximum absolute atomic E-state index is 13.7. The van der Waals surface area contributed by atoms with Crippen molar-refractivity contribution in [3.63, 3.8) is 0 Å². The first-order valence-electron chi connectivity index (χ1n) is 14.3. The molecule has 0 heterocycles. The van der Waals surface area contributed by atoms with E-state index in [4.69, 9.17) is 4.74 Å². The van der Waals surface area contributed by atoms with Crippen LogP contribution in [0, 0.1) is 46.3 Å². The minimum absolute atomic E-state index is 0.114. The average molecular weight is 457 g/mol. The van der Waals surface area contributed by atoms with Gasteiger partial charge in [0, 0.05) is 5.92 Å². The molecule has 0 aromatic rings. The molecule has 0 bridgehead atoms. The fourth-order valence-corrected chi connectivity index (χ4v) is 8.99. The number of fused-ring (bicyclic) bond motifs is 5. The van der Waals surface area contributed by atoms with Crippen LogP contribution in [-0.4, -0.2) is 17.5 Å². The largest absolute Gasteiger partial charge is 0.372 e. The van der Waals surface area contributed by atoms with E-state index in [0.717, 1.165) is 30.6 Å². The van der Waals surface area contributed by atoms with Crippen molar-refractivity contribution >= 4 is 5.78 Å². The number of hydrogen-bond donors (Lipinski definition) is 0. The van der Waals surface area contributed by atoms with Crippen molar-refractivity contribution in [1.29, 1.82) is 0 Å². The summed E-state index contributed by atoms with van der Waals surface area (Å²) in [6.45, 7) is 18.7. The third-order valence-electron chi connectivity index (χ3n) is 10.6. The van der Waals surface area contributed by atoms with Crippen LogP contribution < -0.4 is 0 Å². The number of ketones is 1. The Labute approximate surface area is 204 Å². The molecular formula is C31H52O2. The van der Waals surface area contributed by atoms with Crippen LogP contribution in [-0.2, 0) is 9.53 Å². The third-order valence-corrected chi connectivity index (χ3v) is 10.6. The second kappa shape index (κ2) is 9.11. The normalized spacial score (nSPS) is 41.9. The molecule has 2 nitrogen and oxygen atoms in total. The minimum Gasteiger partial charge on any atom is -0.372 e. The fraction of sp³-hybridized carbons (Fsp3) is 0.903. The van der Waals surface area contributed by atoms with E-state index in [1.165, 1.54) is 56.9 Å². The Bertz CT molecular complexity index is 757. The lowest BCUT2D eigenvalue weighted by molar-refractivity contribution is -0.137. The summed E-state index contributed by atoms with van der Waals surface area (Å²) in [6, 6.07) is 0. The molecule has 4 rings (SSSR count). The monoisotopic (exact) mass is 456 g/mol. The van der Waals surface area contributed by atoms with Gasteiger partial charge in [-0.2, -0.15) is 0 Å². The predicted octanol–water partition coefficient (Wildman–Crippen LogP) is 8.39. The zero-order valence-corrected chi connectivity index (χ0v) is 23.0. The Hall–Kier alpha value is -0.630. The number of allylic oxidation sites excluding steroid dienone is 1. The summed E-state index contributed by atoms with van der Waals surface area (Å²) in [4.78, 5) is 13.7. The van der Waals surface area contributed by atoms with E-state index in [9.17, 15) is 4.79 Å². The van der Waals surface area contributed by atoms with Gasteiger partial charge in [0.05, 0.1) is 11.7 Å². The molecule has 0 radical (unpaired) electrons. The topological polar surface area (TPSA) is 26.3 Å². The Morgan fingerprint density at radius 1 is 1.00 bits per heavy atom. The number of ether oxygens (including phenoxy) is 1. The quantitative estimate of drug-likeness (QED) is 0.401. The molecule has 8 atom stereocenters. The Morgan fingerprint density at radius 3 is 2.39 bits per heavy atom. The predicted molar refractivity (Wildman–Crippen MR) is 138 cm³/mol. The van der Waals surface area contributed by atoms with Crippen molar-refractivity contribution in [2.45, 2.75) is 131 Å². The van der Waals surface area contributed by atoms with Crippen LogP contribution in [0.1, 0.15) is 120 Å². The van der Waals surface area contributed by atoms with Crippen LogP contribution in [0.2, 0.25) is 0 Å². The molecule has 0 aromatic heterocycles. The summed E-state index contributed by atoms with van der Waals surface area (Å²) in [6.07, 6.45) is 14.9. The van der Waals surface area contributed by atoms with Gasteiger partial charge >= 0.3 is 0 Å². The summed E-state index contributed by atoms with van der Waals surface area (Å²) < 4.78 is 6.36. The summed E-state index contributed by atoms with van der Waals surface area (Å²) in [5, 5.41) is 0. The molecule has 2 heteroatoms. The number of hydrogen-bond acceptors (Lipinski definition) is 2. The average Bonchev–Trinajstić information content (AvgIpc) is 3.05. The molecule has 3 fully saturated rings. The second-order valence-corrected chi connectivity index (χ2v) is 14.4. The van der Waals surface area contributed by atoms with Gasteiger partial charge in [0.1, 0.15) is 0 Å². The molecule has 0 saturated heterocycles. The Morgan fingerprint density at radius 2 is 1.73 bits per heavy atom. The van der Waals surface area contributed by atoms with Crippen LogP contribution >= 0.6 is 0 Å². The maximum Gasteiger partial charge on any atom is 0.159 e. The van der Waals surface area contributed by atoms with Crippen molar-refractivity contribution in [3.8, 4) is 0 Å². The highest BCUT2D eigenvalue weighted by atomic mass is 16.5. The first-order valence-corrected chi connectivity index (χ1v) is 14.3. The van der Waals surface area contributed by atoms with Crippen molar-refractivity contribution in [2.75, 3.05) is 0 Å². The maximum atomic E-state index is 13.7. The highest BCUT2D eigenvalue weighted by molar-refractivity contribution is 5.94. The molecule has 0 spiro atoms. The van der Waals surface area contributed by atoms with Gasteiger partial charge in [0.15, 0.2) is 5.78 Å². The van der Waals surface area contributed by atoms with Gasteiger partial charge in [-0.05, 0) is 112 Å². The van der Waals surface area contributed by atoms with E-state index in [1.54, 1.807) is 0 Å². The van der Waals surface area contributed by atoms with E-state index < -0.39 is 0 Å². The zero-order chi connectivity index (χ0) is 24.2. The lowest BCUT2D eigenvalue weighted by Gasteiger charge is -2.58. The van der Waals surface area contributed by atoms with Crippen LogP contribution in [0.4, 0.5) is 0 Å². The van der Waals surface area contributed by atoms with Gasteiger partial charge < -0.3 is 4.74 Å². The molecule has 0 aromatic carbocycles. The number of carbonyl (C=O) groups is 1. The van der Waals surface area contributed by atoms with Gasteiger partial charge in [-0.3, -0.25) is 4.79 Å². The SMILES string of the molecule is CC(C)CCC[C@H](C)[C@H]1CC[C@H]2[C@@H]3C(=O)C=C4C[C@H](OC(C)(C)C)CC[C@]4(C)[C@H]3CC[C@]12C. The van der Waals surface area contributed by atoms with Crippen LogP contribution in [0.15, 0.2) is 11.6 Å². The van der Waals surface area contributed by atoms with Crippen molar-refractivity contribution in [1.82, 2.24) is 0 Å². The molecule has 3 saturated carbocycles. The molecule has 0 aliphatic heterocycles. The zero-order valence-electron chi connectivity index (χ0n) is 23.0. The first kappa shape index (κ1) is 25.5. The lowest BCUT2D eigenvalue weighted by atomic mass is 9.46. The van der Waals surface area contributed by atoms with E-state index in [2.05, 4.69) is 61.5 Å². The molecule has 0 N–H and O–H groups in total. The van der Waals surface area contributed by atoms with Crippen molar-refractivity contribution < 1.29 is 9.53 Å². The van der Waals surface area contributed by atoms with Crippen molar-refractivity contribution in [2.24, 2.45) is 46.3 Å². The van der Waals surface area contributed by atoms with Crippen LogP contribution in [0.5, 0.6) is 0 Å². The molecular weight excluding hydrogens is 404 g/mol. The summed E-state index contributed by atoms with van der Waals surface area (Å²) >= 11 is 0. The Balaban J connectivity index is 1.51.